The summed E-state index contributed by atoms with van der Waals surface area (Å²) in [4.78, 5) is 28.2. The summed E-state index contributed by atoms with van der Waals surface area (Å²) < 4.78 is 17.3. The molecule has 2 heterocycles. The van der Waals surface area contributed by atoms with E-state index in [0.29, 0.717) is 55.7 Å². The fourth-order valence-corrected chi connectivity index (χ4v) is 3.28. The predicted octanol–water partition coefficient (Wildman–Crippen LogP) is 2.02. The van der Waals surface area contributed by atoms with E-state index in [1.807, 2.05) is 12.1 Å². The lowest BCUT2D eigenvalue weighted by Crippen LogP contribution is -2.51. The molecule has 9 nitrogen and oxygen atoms in total. The summed E-state index contributed by atoms with van der Waals surface area (Å²) in [5.41, 5.74) is 1.89. The molecule has 1 aliphatic rings. The molecule has 0 atom stereocenters. The van der Waals surface area contributed by atoms with Gasteiger partial charge in [-0.2, -0.15) is 5.10 Å². The summed E-state index contributed by atoms with van der Waals surface area (Å²) in [6, 6.07) is 7.21. The molecule has 1 fully saturated rings. The lowest BCUT2D eigenvalue weighted by atomic mass is 10.1. The van der Waals surface area contributed by atoms with Crippen LogP contribution in [0.15, 0.2) is 24.3 Å². The number of nitrogens with zero attached hydrogens (tertiary/aromatic N) is 4. The van der Waals surface area contributed by atoms with Crippen molar-refractivity contribution in [2.24, 2.45) is 7.05 Å². The van der Waals surface area contributed by atoms with Crippen LogP contribution in [0.1, 0.15) is 17.4 Å². The topological polar surface area (TPSA) is 86.1 Å². The number of hydrogen-bond donors (Lipinski definition) is 0. The molecular formula is C20H26N4O5. The second-order valence-corrected chi connectivity index (χ2v) is 6.58. The Morgan fingerprint density at radius 2 is 1.72 bits per heavy atom. The van der Waals surface area contributed by atoms with Crippen molar-refractivity contribution in [3.63, 3.8) is 0 Å². The Kier molecular flexibility index (Phi) is 6.26. The van der Waals surface area contributed by atoms with Crippen LogP contribution in [0, 0.1) is 0 Å². The van der Waals surface area contributed by atoms with E-state index in [1.165, 1.54) is 0 Å². The van der Waals surface area contributed by atoms with E-state index in [4.69, 9.17) is 14.2 Å². The predicted molar refractivity (Wildman–Crippen MR) is 106 cm³/mol. The minimum atomic E-state index is -0.339. The number of hydrogen-bond acceptors (Lipinski definition) is 6. The smallest absolute Gasteiger partial charge is 0.409 e. The molecule has 1 aliphatic heterocycles. The van der Waals surface area contributed by atoms with Gasteiger partial charge in [0.15, 0.2) is 0 Å². The van der Waals surface area contributed by atoms with Gasteiger partial charge in [0.05, 0.1) is 26.5 Å². The SMILES string of the molecule is CCOC(=O)N1CCN(C(=O)c2cc(-c3ccc(OC)cc3OC)nn2C)CC1. The van der Waals surface area contributed by atoms with Crippen LogP contribution in [0.25, 0.3) is 11.3 Å². The van der Waals surface area contributed by atoms with Crippen LogP contribution in [-0.2, 0) is 11.8 Å². The number of rotatable bonds is 5. The number of carbonyl (C=O) groups excluding carboxylic acids is 2. The Hall–Kier alpha value is -3.23. The zero-order valence-electron chi connectivity index (χ0n) is 17.2. The van der Waals surface area contributed by atoms with Crippen molar-refractivity contribution in [2.45, 2.75) is 6.92 Å². The third kappa shape index (κ3) is 4.28. The van der Waals surface area contributed by atoms with Crippen molar-refractivity contribution in [1.29, 1.82) is 0 Å². The summed E-state index contributed by atoms with van der Waals surface area (Å²) >= 11 is 0. The molecule has 0 saturated carbocycles. The van der Waals surface area contributed by atoms with Crippen LogP contribution in [0.2, 0.25) is 0 Å². The molecule has 1 aromatic heterocycles. The molecule has 0 spiro atoms. The Morgan fingerprint density at radius 1 is 1.03 bits per heavy atom. The molecule has 156 valence electrons. The summed E-state index contributed by atoms with van der Waals surface area (Å²) in [6.07, 6.45) is -0.339. The van der Waals surface area contributed by atoms with Crippen LogP contribution in [-0.4, -0.2) is 78.6 Å². The van der Waals surface area contributed by atoms with Crippen LogP contribution < -0.4 is 9.47 Å². The standard InChI is InChI=1S/C20H26N4O5/c1-5-29-20(26)24-10-8-23(9-11-24)19(25)17-13-16(21-22(17)2)15-7-6-14(27-3)12-18(15)28-4/h6-7,12-13H,5,8-11H2,1-4H3. The highest BCUT2D eigenvalue weighted by Crippen LogP contribution is 2.33. The first-order valence-electron chi connectivity index (χ1n) is 9.45. The normalized spacial score (nSPS) is 13.9. The summed E-state index contributed by atoms with van der Waals surface area (Å²) in [5.74, 6) is 1.17. The van der Waals surface area contributed by atoms with E-state index in [-0.39, 0.29) is 12.0 Å². The number of benzene rings is 1. The number of piperazine rings is 1. The first-order chi connectivity index (χ1) is 14.0. The van der Waals surface area contributed by atoms with Crippen LogP contribution >= 0.6 is 0 Å². The Balaban J connectivity index is 1.76. The highest BCUT2D eigenvalue weighted by molar-refractivity contribution is 5.94. The number of methoxy groups -OCH3 is 2. The van der Waals surface area contributed by atoms with Crippen molar-refractivity contribution >= 4 is 12.0 Å². The van der Waals surface area contributed by atoms with Gasteiger partial charge in [-0.3, -0.25) is 9.48 Å². The van der Waals surface area contributed by atoms with Gasteiger partial charge in [-0.1, -0.05) is 0 Å². The largest absolute Gasteiger partial charge is 0.497 e. The van der Waals surface area contributed by atoms with Crippen molar-refractivity contribution < 1.29 is 23.8 Å². The molecule has 0 N–H and O–H groups in total. The lowest BCUT2D eigenvalue weighted by molar-refractivity contribution is 0.0562. The van der Waals surface area contributed by atoms with Gasteiger partial charge in [-0.05, 0) is 25.1 Å². The highest BCUT2D eigenvalue weighted by Gasteiger charge is 2.27. The van der Waals surface area contributed by atoms with Gasteiger partial charge in [0.2, 0.25) is 0 Å². The number of aromatic nitrogens is 2. The van der Waals surface area contributed by atoms with Crippen LogP contribution in [0.4, 0.5) is 4.79 Å². The molecule has 9 heteroatoms. The number of aryl methyl sites for hydroxylation is 1. The van der Waals surface area contributed by atoms with Crippen molar-refractivity contribution in [3.8, 4) is 22.8 Å². The monoisotopic (exact) mass is 402 g/mol. The molecule has 0 unspecified atom stereocenters. The van der Waals surface area contributed by atoms with E-state index in [0.717, 1.165) is 5.56 Å². The van der Waals surface area contributed by atoms with Gasteiger partial charge in [0, 0.05) is 44.9 Å². The van der Waals surface area contributed by atoms with E-state index >= 15 is 0 Å². The van der Waals surface area contributed by atoms with Crippen LogP contribution in [0.3, 0.4) is 0 Å². The zero-order chi connectivity index (χ0) is 21.0. The zero-order valence-corrected chi connectivity index (χ0v) is 17.2. The molecule has 1 aromatic carbocycles. The van der Waals surface area contributed by atoms with Crippen molar-refractivity contribution in [1.82, 2.24) is 19.6 Å². The highest BCUT2D eigenvalue weighted by atomic mass is 16.6. The maximum Gasteiger partial charge on any atom is 0.409 e. The summed E-state index contributed by atoms with van der Waals surface area (Å²) in [7, 11) is 4.91. The first-order valence-corrected chi connectivity index (χ1v) is 9.45. The van der Waals surface area contributed by atoms with E-state index in [9.17, 15) is 9.59 Å². The minimum absolute atomic E-state index is 0.123. The molecule has 3 rings (SSSR count). The van der Waals surface area contributed by atoms with E-state index in [2.05, 4.69) is 5.10 Å². The Labute approximate surface area is 169 Å². The molecule has 2 aromatic rings. The van der Waals surface area contributed by atoms with Crippen molar-refractivity contribution in [3.05, 3.63) is 30.0 Å². The molecule has 0 radical (unpaired) electrons. The number of ether oxygens (including phenoxy) is 3. The second-order valence-electron chi connectivity index (χ2n) is 6.58. The molecule has 29 heavy (non-hydrogen) atoms. The number of amides is 2. The van der Waals surface area contributed by atoms with Crippen molar-refractivity contribution in [2.75, 3.05) is 47.0 Å². The average Bonchev–Trinajstić information content (AvgIpc) is 3.14. The van der Waals surface area contributed by atoms with E-state index < -0.39 is 0 Å². The quantitative estimate of drug-likeness (QED) is 0.761. The van der Waals surface area contributed by atoms with E-state index in [1.54, 1.807) is 54.8 Å². The minimum Gasteiger partial charge on any atom is -0.497 e. The maximum absolute atomic E-state index is 13.0. The fourth-order valence-electron chi connectivity index (χ4n) is 3.28. The third-order valence-electron chi connectivity index (χ3n) is 4.88. The first kappa shape index (κ1) is 20.5. The van der Waals surface area contributed by atoms with Gasteiger partial charge in [0.1, 0.15) is 17.2 Å². The summed E-state index contributed by atoms with van der Waals surface area (Å²) in [5, 5.41) is 4.49. The van der Waals surface area contributed by atoms with Gasteiger partial charge in [-0.15, -0.1) is 0 Å². The maximum atomic E-state index is 13.0. The Morgan fingerprint density at radius 3 is 2.34 bits per heavy atom. The van der Waals surface area contributed by atoms with Gasteiger partial charge in [-0.25, -0.2) is 4.79 Å². The molecular weight excluding hydrogens is 376 g/mol. The Bertz CT molecular complexity index is 887. The van der Waals surface area contributed by atoms with Crippen LogP contribution in [0.5, 0.6) is 11.5 Å². The molecule has 0 aliphatic carbocycles. The average molecular weight is 402 g/mol. The molecule has 2 amide bonds. The molecule has 0 bridgehead atoms. The van der Waals surface area contributed by atoms with Gasteiger partial charge in [0.25, 0.3) is 5.91 Å². The third-order valence-corrected chi connectivity index (χ3v) is 4.88. The lowest BCUT2D eigenvalue weighted by Gasteiger charge is -2.33. The second kappa shape index (κ2) is 8.85. The fraction of sp³-hybridized carbons (Fsp3) is 0.450. The number of carbonyl (C=O) groups is 2. The van der Waals surface area contributed by atoms with Gasteiger partial charge < -0.3 is 24.0 Å². The van der Waals surface area contributed by atoms with Gasteiger partial charge >= 0.3 is 6.09 Å². The molecule has 1 saturated heterocycles. The summed E-state index contributed by atoms with van der Waals surface area (Å²) in [6.45, 7) is 3.90.